The van der Waals surface area contributed by atoms with Crippen LogP contribution in [0.3, 0.4) is 0 Å². The molecule has 1 aliphatic rings. The van der Waals surface area contributed by atoms with E-state index in [0.29, 0.717) is 11.5 Å². The second-order valence-corrected chi connectivity index (χ2v) is 10.8. The van der Waals surface area contributed by atoms with Crippen molar-refractivity contribution in [1.82, 2.24) is 0 Å². The molecule has 5 rings (SSSR count). The van der Waals surface area contributed by atoms with Gasteiger partial charge in [-0.25, -0.2) is 9.59 Å². The molecule has 0 unspecified atom stereocenters. The van der Waals surface area contributed by atoms with E-state index in [9.17, 15) is 19.8 Å². The quantitative estimate of drug-likeness (QED) is 0.120. The van der Waals surface area contributed by atoms with Gasteiger partial charge in [0.15, 0.2) is 0 Å². The monoisotopic (exact) mass is 606 g/mol. The number of carboxylic acids is 2. The molecule has 2 atom stereocenters. The van der Waals surface area contributed by atoms with Crippen molar-refractivity contribution in [2.45, 2.75) is 30.5 Å². The van der Waals surface area contributed by atoms with E-state index in [4.69, 9.17) is 19.7 Å². The third-order valence-corrected chi connectivity index (χ3v) is 7.75. The zero-order chi connectivity index (χ0) is 31.8. The summed E-state index contributed by atoms with van der Waals surface area (Å²) in [6.45, 7) is 0.0399. The Labute approximate surface area is 261 Å². The standard InChI is InChI=1S/C37H34O8/c38-27(7-5-13-35(40)41)23-44-29-19-15-25(16-20-29)37(33-11-3-1-9-31(33)32-10-2-4-12-34(32)37)26-17-21-30(22-18-26)45-24-28(39)8-6-14-36(42)43/h1-6,9-22,27-28,38-39H,7-8,23-24H2,(H,40,41)(H,42,43)/b13-5+,14-6+/t27-,28-/m1/s1. The molecule has 4 aromatic carbocycles. The molecule has 0 spiro atoms. The minimum Gasteiger partial charge on any atom is -0.491 e. The molecule has 8 nitrogen and oxygen atoms in total. The summed E-state index contributed by atoms with van der Waals surface area (Å²) in [6.07, 6.45) is 3.45. The average Bonchev–Trinajstić information content (AvgIpc) is 3.34. The molecule has 45 heavy (non-hydrogen) atoms. The lowest BCUT2D eigenvalue weighted by Gasteiger charge is -2.34. The topological polar surface area (TPSA) is 134 Å². The molecule has 0 saturated heterocycles. The molecule has 0 aromatic heterocycles. The first-order valence-electron chi connectivity index (χ1n) is 14.6. The zero-order valence-electron chi connectivity index (χ0n) is 24.5. The van der Waals surface area contributed by atoms with Crippen LogP contribution in [0.5, 0.6) is 11.5 Å². The number of aliphatic hydroxyl groups excluding tert-OH is 2. The zero-order valence-corrected chi connectivity index (χ0v) is 24.5. The van der Waals surface area contributed by atoms with Crippen molar-refractivity contribution < 1.29 is 39.5 Å². The van der Waals surface area contributed by atoms with Gasteiger partial charge in [-0.15, -0.1) is 0 Å². The second-order valence-electron chi connectivity index (χ2n) is 10.8. The minimum absolute atomic E-state index is 0.0200. The maximum atomic E-state index is 10.7. The first-order chi connectivity index (χ1) is 21.8. The van der Waals surface area contributed by atoms with Crippen molar-refractivity contribution in [3.63, 3.8) is 0 Å². The Bertz CT molecular complexity index is 1560. The van der Waals surface area contributed by atoms with E-state index in [2.05, 4.69) is 24.3 Å². The third-order valence-electron chi connectivity index (χ3n) is 7.75. The van der Waals surface area contributed by atoms with Crippen LogP contribution in [0.15, 0.2) is 121 Å². The van der Waals surface area contributed by atoms with Gasteiger partial charge >= 0.3 is 11.9 Å². The molecule has 4 N–H and O–H groups in total. The van der Waals surface area contributed by atoms with Crippen LogP contribution in [0.2, 0.25) is 0 Å². The summed E-state index contributed by atoms with van der Waals surface area (Å²) in [4.78, 5) is 21.3. The smallest absolute Gasteiger partial charge is 0.327 e. The summed E-state index contributed by atoms with van der Waals surface area (Å²) < 4.78 is 11.6. The fraction of sp³-hybridized carbons (Fsp3) is 0.189. The van der Waals surface area contributed by atoms with E-state index >= 15 is 0 Å². The highest BCUT2D eigenvalue weighted by atomic mass is 16.5. The molecule has 0 aliphatic heterocycles. The second kappa shape index (κ2) is 14.1. The summed E-state index contributed by atoms with van der Waals surface area (Å²) in [6, 6.07) is 32.3. The van der Waals surface area contributed by atoms with E-state index in [0.717, 1.165) is 45.5 Å². The predicted molar refractivity (Wildman–Crippen MR) is 170 cm³/mol. The van der Waals surface area contributed by atoms with Gasteiger partial charge < -0.3 is 29.9 Å². The van der Waals surface area contributed by atoms with Gasteiger partial charge in [0.2, 0.25) is 0 Å². The van der Waals surface area contributed by atoms with Crippen LogP contribution in [0.4, 0.5) is 0 Å². The van der Waals surface area contributed by atoms with Crippen molar-refractivity contribution in [1.29, 1.82) is 0 Å². The van der Waals surface area contributed by atoms with Crippen LogP contribution in [-0.4, -0.2) is 57.8 Å². The molecule has 0 fully saturated rings. The summed E-state index contributed by atoms with van der Waals surface area (Å²) in [7, 11) is 0. The number of carbonyl (C=O) groups is 2. The molecule has 8 heteroatoms. The highest BCUT2D eigenvalue weighted by Crippen LogP contribution is 2.56. The maximum Gasteiger partial charge on any atom is 0.327 e. The average molecular weight is 607 g/mol. The molecule has 0 saturated carbocycles. The van der Waals surface area contributed by atoms with E-state index < -0.39 is 29.6 Å². The number of rotatable bonds is 14. The number of ether oxygens (including phenoxy) is 2. The molecule has 4 aromatic rings. The first-order valence-corrected chi connectivity index (χ1v) is 14.6. The van der Waals surface area contributed by atoms with Crippen LogP contribution in [0, 0.1) is 0 Å². The predicted octanol–water partition coefficient (Wildman–Crippen LogP) is 5.59. The van der Waals surface area contributed by atoms with Crippen LogP contribution < -0.4 is 9.47 Å². The van der Waals surface area contributed by atoms with Gasteiger partial charge in [-0.3, -0.25) is 0 Å². The van der Waals surface area contributed by atoms with Crippen molar-refractivity contribution in [3.05, 3.63) is 144 Å². The first kappa shape index (κ1) is 31.3. The number of fused-ring (bicyclic) bond motifs is 3. The Morgan fingerprint density at radius 3 is 1.36 bits per heavy atom. The van der Waals surface area contributed by atoms with Gasteiger partial charge in [-0.1, -0.05) is 84.9 Å². The Morgan fingerprint density at radius 2 is 0.978 bits per heavy atom. The Hall–Kier alpha value is -5.18. The molecular formula is C37H34O8. The Balaban J connectivity index is 1.44. The van der Waals surface area contributed by atoms with Crippen molar-refractivity contribution in [2.75, 3.05) is 13.2 Å². The van der Waals surface area contributed by atoms with Gasteiger partial charge in [-0.05, 0) is 70.5 Å². The van der Waals surface area contributed by atoms with Crippen molar-refractivity contribution >= 4 is 11.9 Å². The summed E-state index contributed by atoms with van der Waals surface area (Å²) in [5, 5.41) is 37.9. The van der Waals surface area contributed by atoms with Gasteiger partial charge in [0.05, 0.1) is 17.6 Å². The van der Waals surface area contributed by atoms with Gasteiger partial charge in [-0.2, -0.15) is 0 Å². The molecular weight excluding hydrogens is 572 g/mol. The number of hydrogen-bond donors (Lipinski definition) is 4. The molecule has 0 amide bonds. The van der Waals surface area contributed by atoms with Crippen LogP contribution in [-0.2, 0) is 15.0 Å². The Morgan fingerprint density at radius 1 is 0.600 bits per heavy atom. The molecule has 1 aliphatic carbocycles. The lowest BCUT2D eigenvalue weighted by Crippen LogP contribution is -2.28. The number of benzene rings is 4. The maximum absolute atomic E-state index is 10.7. The lowest BCUT2D eigenvalue weighted by molar-refractivity contribution is -0.132. The summed E-state index contributed by atoms with van der Waals surface area (Å²) in [5.74, 6) is -0.969. The normalized spacial score (nSPS) is 14.5. The van der Waals surface area contributed by atoms with E-state index in [1.807, 2.05) is 72.8 Å². The molecule has 0 radical (unpaired) electrons. The number of aliphatic carboxylic acids is 2. The molecule has 0 bridgehead atoms. The lowest BCUT2D eigenvalue weighted by atomic mass is 9.68. The van der Waals surface area contributed by atoms with Gasteiger partial charge in [0.25, 0.3) is 0 Å². The highest BCUT2D eigenvalue weighted by molar-refractivity contribution is 5.86. The van der Waals surface area contributed by atoms with Crippen LogP contribution in [0.1, 0.15) is 35.1 Å². The van der Waals surface area contributed by atoms with Crippen molar-refractivity contribution in [3.8, 4) is 22.6 Å². The van der Waals surface area contributed by atoms with E-state index in [1.165, 1.54) is 12.2 Å². The van der Waals surface area contributed by atoms with E-state index in [-0.39, 0.29) is 26.1 Å². The fourth-order valence-electron chi connectivity index (χ4n) is 5.80. The Kier molecular flexibility index (Phi) is 9.77. The van der Waals surface area contributed by atoms with Gasteiger partial charge in [0.1, 0.15) is 24.7 Å². The highest BCUT2D eigenvalue weighted by Gasteiger charge is 2.45. The van der Waals surface area contributed by atoms with Gasteiger partial charge in [0, 0.05) is 12.2 Å². The number of aliphatic hydroxyl groups is 2. The SMILES string of the molecule is O=C(O)/C=C/C[C@@H](O)COc1ccc(C2(c3ccc(OC[C@H](O)C/C=C/C(=O)O)cc3)c3ccccc3-c3ccccc32)cc1. The van der Waals surface area contributed by atoms with Crippen LogP contribution >= 0.6 is 0 Å². The minimum atomic E-state index is -1.06. The summed E-state index contributed by atoms with van der Waals surface area (Å²) >= 11 is 0. The summed E-state index contributed by atoms with van der Waals surface area (Å²) in [5.41, 5.74) is 5.95. The van der Waals surface area contributed by atoms with E-state index in [1.54, 1.807) is 0 Å². The molecule has 0 heterocycles. The number of hydrogen-bond acceptors (Lipinski definition) is 6. The number of carboxylic acid groups (broad SMARTS) is 2. The third kappa shape index (κ3) is 6.98. The largest absolute Gasteiger partial charge is 0.491 e. The fourth-order valence-corrected chi connectivity index (χ4v) is 5.80. The van der Waals surface area contributed by atoms with Crippen molar-refractivity contribution in [2.24, 2.45) is 0 Å². The molecule has 230 valence electrons. The van der Waals surface area contributed by atoms with Crippen LogP contribution in [0.25, 0.3) is 11.1 Å².